The smallest absolute Gasteiger partial charge is 0.113 e. The van der Waals surface area contributed by atoms with Crippen molar-refractivity contribution in [3.63, 3.8) is 0 Å². The van der Waals surface area contributed by atoms with E-state index in [0.29, 0.717) is 47.8 Å². The molecule has 344 valence electrons. The highest BCUT2D eigenvalue weighted by molar-refractivity contribution is 5.14. The summed E-state index contributed by atoms with van der Waals surface area (Å²) in [6.45, 7) is 12.0. The third-order valence-electron chi connectivity index (χ3n) is 17.2. The van der Waals surface area contributed by atoms with Gasteiger partial charge in [-0.1, -0.05) is 91.9 Å². The van der Waals surface area contributed by atoms with Gasteiger partial charge in [-0.05, 0) is 99.7 Å². The molecule has 0 radical (unpaired) electrons. The highest BCUT2D eigenvalue weighted by atomic mass is 16.6. The van der Waals surface area contributed by atoms with Crippen molar-refractivity contribution in [1.82, 2.24) is 42.5 Å². The first-order valence-electron chi connectivity index (χ1n) is 26.2. The lowest BCUT2D eigenvalue weighted by atomic mass is 9.71. The fraction of sp³-hybridized carbons (Fsp3) is 1.00. The standard InChI is InChI=1S/C48H88N8O4/c1-5-9-25-57-37-35-36(38(58-26-10-6-2)40(60-28-12-8-4)39(37)59-27-11-7-3)48-55-46-34-24-18-16-22-32(34)44(53-46)51-42-30-20-14-13-19-29(30)41(49-42)50-43-31-21-15-17-23-33(31)45(52-43)54-47(35)56-48/h29-56H,5-28H2,1-4H3. The Morgan fingerprint density at radius 1 is 0.300 bits per heavy atom. The summed E-state index contributed by atoms with van der Waals surface area (Å²) >= 11 is 0. The van der Waals surface area contributed by atoms with Crippen LogP contribution in [0.15, 0.2) is 0 Å². The number of rotatable bonds is 16. The van der Waals surface area contributed by atoms with Gasteiger partial charge in [-0.25, -0.2) is 0 Å². The van der Waals surface area contributed by atoms with E-state index < -0.39 is 0 Å². The van der Waals surface area contributed by atoms with E-state index in [-0.39, 0.29) is 73.2 Å². The largest absolute Gasteiger partial charge is 0.375 e. The van der Waals surface area contributed by atoms with Crippen molar-refractivity contribution < 1.29 is 18.9 Å². The van der Waals surface area contributed by atoms with Gasteiger partial charge in [-0.3, -0.25) is 42.5 Å². The molecule has 20 unspecified atom stereocenters. The first kappa shape index (κ1) is 44.7. The molecule has 12 heteroatoms. The van der Waals surface area contributed by atoms with E-state index in [9.17, 15) is 0 Å². The van der Waals surface area contributed by atoms with Crippen LogP contribution in [0.3, 0.4) is 0 Å². The maximum Gasteiger partial charge on any atom is 0.113 e. The van der Waals surface area contributed by atoms with Gasteiger partial charge in [0.05, 0.1) is 61.5 Å². The van der Waals surface area contributed by atoms with Crippen LogP contribution in [0, 0.1) is 47.3 Å². The van der Waals surface area contributed by atoms with Crippen LogP contribution < -0.4 is 42.5 Å². The molecule has 5 saturated heterocycles. The minimum absolute atomic E-state index is 0.0196. The highest BCUT2D eigenvalue weighted by Crippen LogP contribution is 2.48. The molecule has 8 N–H and O–H groups in total. The van der Waals surface area contributed by atoms with E-state index in [4.69, 9.17) is 18.9 Å². The van der Waals surface area contributed by atoms with E-state index in [0.717, 1.165) is 77.8 Å². The van der Waals surface area contributed by atoms with Crippen molar-refractivity contribution in [2.24, 2.45) is 47.3 Å². The van der Waals surface area contributed by atoms with Crippen LogP contribution in [-0.2, 0) is 18.9 Å². The Morgan fingerprint density at radius 3 is 0.767 bits per heavy atom. The van der Waals surface area contributed by atoms with Crippen LogP contribution in [0.4, 0.5) is 0 Å². The second-order valence-corrected chi connectivity index (χ2v) is 20.9. The van der Waals surface area contributed by atoms with Crippen molar-refractivity contribution in [1.29, 1.82) is 0 Å². The summed E-state index contributed by atoms with van der Waals surface area (Å²) in [5.74, 6) is 4.00. The van der Waals surface area contributed by atoms with Gasteiger partial charge in [-0.15, -0.1) is 0 Å². The SMILES string of the molecule is CCCCOC1C(OCCCC)C(OCCCC)C2C3NC4NC(NC5NC(NC6NC(NC(N3)C2C1OCCCC)C1CCCCC61)C1CCCCC51)C1CCCCC41. The minimum Gasteiger partial charge on any atom is -0.375 e. The normalized spacial score (nSPS) is 47.4. The maximum atomic E-state index is 7.25. The van der Waals surface area contributed by atoms with Crippen molar-refractivity contribution in [3.05, 3.63) is 0 Å². The minimum atomic E-state index is -0.198. The molecule has 0 aromatic carbocycles. The summed E-state index contributed by atoms with van der Waals surface area (Å²) in [6.07, 6.45) is 25.4. The Bertz CT molecular complexity index is 1220. The summed E-state index contributed by atoms with van der Waals surface area (Å²) in [4.78, 5) is 0. The van der Waals surface area contributed by atoms with Gasteiger partial charge in [0, 0.05) is 38.3 Å². The van der Waals surface area contributed by atoms with Gasteiger partial charge in [0.2, 0.25) is 0 Å². The van der Waals surface area contributed by atoms with E-state index in [1.165, 1.54) is 77.0 Å². The van der Waals surface area contributed by atoms with E-state index in [1.807, 2.05) is 0 Å². The van der Waals surface area contributed by atoms with Crippen LogP contribution in [0.1, 0.15) is 156 Å². The first-order valence-corrected chi connectivity index (χ1v) is 26.2. The van der Waals surface area contributed by atoms with Gasteiger partial charge in [0.15, 0.2) is 0 Å². The van der Waals surface area contributed by atoms with Gasteiger partial charge in [0.25, 0.3) is 0 Å². The molecule has 5 heterocycles. The number of hydrogen-bond acceptors (Lipinski definition) is 12. The van der Waals surface area contributed by atoms with Crippen LogP contribution in [0.25, 0.3) is 0 Å². The van der Waals surface area contributed by atoms with Gasteiger partial charge >= 0.3 is 0 Å². The quantitative estimate of drug-likeness (QED) is 0.0897. The lowest BCUT2D eigenvalue weighted by Crippen LogP contribution is -2.66. The second kappa shape index (κ2) is 21.2. The Labute approximate surface area is 364 Å². The average Bonchev–Trinajstić information content (AvgIpc) is 4.01. The molecule has 9 aliphatic rings. The summed E-state index contributed by atoms with van der Waals surface area (Å²) in [5.41, 5.74) is 0. The fourth-order valence-corrected chi connectivity index (χ4v) is 14.2. The molecule has 0 amide bonds. The zero-order valence-electron chi connectivity index (χ0n) is 38.2. The Kier molecular flexibility index (Phi) is 15.8. The van der Waals surface area contributed by atoms with E-state index >= 15 is 0 Å². The molecular weight excluding hydrogens is 753 g/mol. The molecule has 4 saturated carbocycles. The lowest BCUT2D eigenvalue weighted by Gasteiger charge is -2.50. The molecule has 9 fully saturated rings. The third-order valence-corrected chi connectivity index (χ3v) is 17.2. The monoisotopic (exact) mass is 841 g/mol. The van der Waals surface area contributed by atoms with Gasteiger partial charge in [-0.2, -0.15) is 0 Å². The van der Waals surface area contributed by atoms with Crippen LogP contribution in [0.2, 0.25) is 0 Å². The molecule has 12 nitrogen and oxygen atoms in total. The van der Waals surface area contributed by atoms with Crippen molar-refractivity contribution in [3.8, 4) is 0 Å². The Balaban J connectivity index is 1.11. The van der Waals surface area contributed by atoms with E-state index in [1.54, 1.807) is 0 Å². The predicted octanol–water partition coefficient (Wildman–Crippen LogP) is 5.79. The zero-order valence-corrected chi connectivity index (χ0v) is 38.2. The zero-order chi connectivity index (χ0) is 41.0. The van der Waals surface area contributed by atoms with Gasteiger partial charge < -0.3 is 18.9 Å². The summed E-state index contributed by atoms with van der Waals surface area (Å²) in [5, 5.41) is 34.6. The fourth-order valence-electron chi connectivity index (χ4n) is 14.2. The van der Waals surface area contributed by atoms with Crippen molar-refractivity contribution in [2.45, 2.75) is 230 Å². The average molecular weight is 841 g/mol. The second-order valence-electron chi connectivity index (χ2n) is 20.9. The van der Waals surface area contributed by atoms with Crippen molar-refractivity contribution in [2.75, 3.05) is 26.4 Å². The van der Waals surface area contributed by atoms with Crippen LogP contribution >= 0.6 is 0 Å². The highest BCUT2D eigenvalue weighted by Gasteiger charge is 2.63. The van der Waals surface area contributed by atoms with Crippen molar-refractivity contribution >= 4 is 0 Å². The molecular formula is C48H88N8O4. The first-order chi connectivity index (χ1) is 29.6. The lowest BCUT2D eigenvalue weighted by molar-refractivity contribution is -0.239. The molecule has 9 rings (SSSR count). The topological polar surface area (TPSA) is 133 Å². The molecule has 60 heavy (non-hydrogen) atoms. The van der Waals surface area contributed by atoms with E-state index in [2.05, 4.69) is 70.2 Å². The van der Waals surface area contributed by atoms with Crippen LogP contribution in [0.5, 0.6) is 0 Å². The molecule has 0 aromatic rings. The Hall–Kier alpha value is -0.480. The third kappa shape index (κ3) is 9.31. The molecule has 5 aliphatic heterocycles. The molecule has 20 atom stereocenters. The predicted molar refractivity (Wildman–Crippen MR) is 237 cm³/mol. The van der Waals surface area contributed by atoms with Crippen LogP contribution in [-0.4, -0.2) is 100 Å². The number of nitrogens with one attached hydrogen (secondary N) is 8. The molecule has 0 aromatic heterocycles. The number of fused-ring (bicyclic) bond motifs is 20. The molecule has 0 spiro atoms. The Morgan fingerprint density at radius 2 is 0.517 bits per heavy atom. The number of ether oxygens (including phenoxy) is 4. The molecule has 8 bridgehead atoms. The number of hydrogen-bond donors (Lipinski definition) is 8. The summed E-state index contributed by atoms with van der Waals surface area (Å²) in [7, 11) is 0. The number of unbranched alkanes of at least 4 members (excludes halogenated alkanes) is 4. The summed E-state index contributed by atoms with van der Waals surface area (Å²) in [6, 6.07) is 0. The summed E-state index contributed by atoms with van der Waals surface area (Å²) < 4.78 is 28.7. The maximum absolute atomic E-state index is 7.25. The van der Waals surface area contributed by atoms with Gasteiger partial charge in [0.1, 0.15) is 12.2 Å². The molecule has 4 aliphatic carbocycles.